The van der Waals surface area contributed by atoms with Gasteiger partial charge in [0.15, 0.2) is 0 Å². The van der Waals surface area contributed by atoms with E-state index < -0.39 is 12.1 Å². The summed E-state index contributed by atoms with van der Waals surface area (Å²) in [6.07, 6.45) is -1.08. The molecule has 0 radical (unpaired) electrons. The number of rotatable bonds is 3. The van der Waals surface area contributed by atoms with Crippen LogP contribution in [0.5, 0.6) is 0 Å². The number of halogens is 1. The first kappa shape index (κ1) is 12.7. The molecule has 0 saturated carbocycles. The number of carbonyl (C=O) groups is 1. The van der Waals surface area contributed by atoms with Gasteiger partial charge in [-0.2, -0.15) is 0 Å². The lowest BCUT2D eigenvalue weighted by molar-refractivity contribution is 0.0655. The summed E-state index contributed by atoms with van der Waals surface area (Å²) in [6.45, 7) is 1.82. The first-order valence-electron chi connectivity index (χ1n) is 5.27. The minimum absolute atomic E-state index is 0.153. The van der Waals surface area contributed by atoms with Gasteiger partial charge in [0.2, 0.25) is 5.76 Å². The minimum Gasteiger partial charge on any atom is -0.475 e. The molecular formula is C13H11ClO4. The Morgan fingerprint density at radius 1 is 1.33 bits per heavy atom. The van der Waals surface area contributed by atoms with Gasteiger partial charge in [0, 0.05) is 10.6 Å². The average molecular weight is 267 g/mol. The predicted octanol–water partition coefficient (Wildman–Crippen LogP) is 3.02. The summed E-state index contributed by atoms with van der Waals surface area (Å²) in [6, 6.07) is 7.98. The third-order valence-electron chi connectivity index (χ3n) is 2.62. The summed E-state index contributed by atoms with van der Waals surface area (Å²) in [7, 11) is 0. The van der Waals surface area contributed by atoms with E-state index in [9.17, 15) is 9.90 Å². The Morgan fingerprint density at radius 3 is 2.67 bits per heavy atom. The quantitative estimate of drug-likeness (QED) is 0.896. The van der Waals surface area contributed by atoms with Crippen LogP contribution in [0.25, 0.3) is 0 Å². The fourth-order valence-corrected chi connectivity index (χ4v) is 1.88. The lowest BCUT2D eigenvalue weighted by Gasteiger charge is -2.11. The molecule has 0 aliphatic carbocycles. The van der Waals surface area contributed by atoms with Gasteiger partial charge in [-0.05, 0) is 24.6 Å². The van der Waals surface area contributed by atoms with Crippen LogP contribution in [-0.4, -0.2) is 16.2 Å². The van der Waals surface area contributed by atoms with Crippen LogP contribution in [0.1, 0.15) is 33.5 Å². The van der Waals surface area contributed by atoms with E-state index in [4.69, 9.17) is 21.1 Å². The molecule has 2 rings (SSSR count). The molecule has 1 heterocycles. The summed E-state index contributed by atoms with van der Waals surface area (Å²) in [5.74, 6) is -1.24. The van der Waals surface area contributed by atoms with Gasteiger partial charge in [-0.1, -0.05) is 29.8 Å². The fourth-order valence-electron chi connectivity index (χ4n) is 1.65. The zero-order valence-corrected chi connectivity index (χ0v) is 10.3. The zero-order chi connectivity index (χ0) is 13.3. The van der Waals surface area contributed by atoms with Gasteiger partial charge >= 0.3 is 5.97 Å². The molecule has 0 spiro atoms. The second-order valence-corrected chi connectivity index (χ2v) is 4.27. The van der Waals surface area contributed by atoms with Crippen molar-refractivity contribution in [2.24, 2.45) is 0 Å². The van der Waals surface area contributed by atoms with E-state index in [0.29, 0.717) is 10.6 Å². The third kappa shape index (κ3) is 2.25. The van der Waals surface area contributed by atoms with Crippen molar-refractivity contribution in [2.75, 3.05) is 0 Å². The van der Waals surface area contributed by atoms with Crippen LogP contribution in [0.2, 0.25) is 5.02 Å². The molecule has 0 aliphatic heterocycles. The molecule has 94 valence electrons. The number of benzene rings is 1. The van der Waals surface area contributed by atoms with Crippen molar-refractivity contribution in [2.45, 2.75) is 13.0 Å². The van der Waals surface area contributed by atoms with Crippen LogP contribution < -0.4 is 0 Å². The number of hydrogen-bond acceptors (Lipinski definition) is 3. The highest BCUT2D eigenvalue weighted by Gasteiger charge is 2.20. The number of carboxylic acids is 1. The summed E-state index contributed by atoms with van der Waals surface area (Å²) < 4.78 is 5.05. The smallest absolute Gasteiger partial charge is 0.371 e. The monoisotopic (exact) mass is 266 g/mol. The highest BCUT2D eigenvalue weighted by atomic mass is 35.5. The molecule has 4 nitrogen and oxygen atoms in total. The maximum absolute atomic E-state index is 10.7. The van der Waals surface area contributed by atoms with Crippen molar-refractivity contribution >= 4 is 17.6 Å². The van der Waals surface area contributed by atoms with Crippen LogP contribution in [0.4, 0.5) is 0 Å². The first-order valence-corrected chi connectivity index (χ1v) is 5.64. The summed E-state index contributed by atoms with van der Waals surface area (Å²) in [4.78, 5) is 10.7. The maximum atomic E-state index is 10.7. The number of aliphatic hydroxyl groups excluding tert-OH is 1. The number of aliphatic hydroxyl groups is 1. The van der Waals surface area contributed by atoms with E-state index in [1.165, 1.54) is 12.1 Å². The van der Waals surface area contributed by atoms with Crippen molar-refractivity contribution in [3.8, 4) is 0 Å². The molecule has 2 aromatic rings. The largest absolute Gasteiger partial charge is 0.475 e. The molecule has 0 aliphatic rings. The Labute approximate surface area is 108 Å². The SMILES string of the molecule is Cc1cccc(C(O)c2ccc(C(=O)O)o2)c1Cl. The molecule has 0 saturated heterocycles. The number of carboxylic acid groups (broad SMARTS) is 1. The van der Waals surface area contributed by atoms with Crippen molar-refractivity contribution in [3.63, 3.8) is 0 Å². The van der Waals surface area contributed by atoms with E-state index >= 15 is 0 Å². The van der Waals surface area contributed by atoms with E-state index in [1.807, 2.05) is 13.0 Å². The van der Waals surface area contributed by atoms with E-state index in [0.717, 1.165) is 5.56 Å². The summed E-state index contributed by atoms with van der Waals surface area (Å²) in [5.41, 5.74) is 1.32. The highest BCUT2D eigenvalue weighted by Crippen LogP contribution is 2.31. The summed E-state index contributed by atoms with van der Waals surface area (Å²) in [5, 5.41) is 19.3. The Hall–Kier alpha value is -1.78. The fraction of sp³-hybridized carbons (Fsp3) is 0.154. The molecule has 0 bridgehead atoms. The zero-order valence-electron chi connectivity index (χ0n) is 9.55. The number of hydrogen-bond donors (Lipinski definition) is 2. The van der Waals surface area contributed by atoms with Gasteiger partial charge in [-0.15, -0.1) is 0 Å². The topological polar surface area (TPSA) is 70.7 Å². The molecule has 0 amide bonds. The maximum Gasteiger partial charge on any atom is 0.371 e. The summed E-state index contributed by atoms with van der Waals surface area (Å²) >= 11 is 6.09. The molecule has 1 aromatic heterocycles. The lowest BCUT2D eigenvalue weighted by atomic mass is 10.0. The van der Waals surface area contributed by atoms with Gasteiger partial charge in [0.05, 0.1) is 0 Å². The number of aryl methyl sites for hydroxylation is 1. The third-order valence-corrected chi connectivity index (χ3v) is 3.14. The van der Waals surface area contributed by atoms with Crippen molar-refractivity contribution in [3.05, 3.63) is 58.0 Å². The molecule has 18 heavy (non-hydrogen) atoms. The second kappa shape index (κ2) is 4.84. The molecule has 1 unspecified atom stereocenters. The van der Waals surface area contributed by atoms with Crippen LogP contribution in [0.15, 0.2) is 34.7 Å². The first-order chi connectivity index (χ1) is 8.50. The molecule has 1 aromatic carbocycles. The Kier molecular flexibility index (Phi) is 3.41. The van der Waals surface area contributed by atoms with E-state index in [-0.39, 0.29) is 11.5 Å². The molecule has 5 heteroatoms. The van der Waals surface area contributed by atoms with E-state index in [1.54, 1.807) is 12.1 Å². The normalized spacial score (nSPS) is 12.4. The second-order valence-electron chi connectivity index (χ2n) is 3.89. The molecule has 2 N–H and O–H groups in total. The van der Waals surface area contributed by atoms with Crippen LogP contribution in [0, 0.1) is 6.92 Å². The standard InChI is InChI=1S/C13H11ClO4/c1-7-3-2-4-8(11(7)14)12(15)9-5-6-10(18-9)13(16)17/h2-6,12,15H,1H3,(H,16,17). The van der Waals surface area contributed by atoms with E-state index in [2.05, 4.69) is 0 Å². The van der Waals surface area contributed by atoms with Crippen molar-refractivity contribution in [1.82, 2.24) is 0 Å². The van der Waals surface area contributed by atoms with Crippen LogP contribution in [0.3, 0.4) is 0 Å². The van der Waals surface area contributed by atoms with Gasteiger partial charge in [0.25, 0.3) is 0 Å². The van der Waals surface area contributed by atoms with Crippen LogP contribution in [-0.2, 0) is 0 Å². The van der Waals surface area contributed by atoms with Crippen molar-refractivity contribution < 1.29 is 19.4 Å². The van der Waals surface area contributed by atoms with Crippen molar-refractivity contribution in [1.29, 1.82) is 0 Å². The Morgan fingerprint density at radius 2 is 2.06 bits per heavy atom. The Balaban J connectivity index is 2.38. The molecule has 0 fully saturated rings. The average Bonchev–Trinajstić information content (AvgIpc) is 2.81. The van der Waals surface area contributed by atoms with Gasteiger partial charge in [-0.3, -0.25) is 0 Å². The number of furan rings is 1. The lowest BCUT2D eigenvalue weighted by Crippen LogP contribution is -2.00. The van der Waals surface area contributed by atoms with Gasteiger partial charge in [-0.25, -0.2) is 4.79 Å². The number of aromatic carboxylic acids is 1. The highest BCUT2D eigenvalue weighted by molar-refractivity contribution is 6.32. The Bertz CT molecular complexity index is 588. The van der Waals surface area contributed by atoms with Gasteiger partial charge in [0.1, 0.15) is 11.9 Å². The minimum atomic E-state index is -1.18. The van der Waals surface area contributed by atoms with Crippen LogP contribution >= 0.6 is 11.6 Å². The predicted molar refractivity (Wildman–Crippen MR) is 65.9 cm³/mol. The molecule has 1 atom stereocenters. The molecular weight excluding hydrogens is 256 g/mol. The van der Waals surface area contributed by atoms with Gasteiger partial charge < -0.3 is 14.6 Å².